The quantitative estimate of drug-likeness (QED) is 0.815. The van der Waals surface area contributed by atoms with Gasteiger partial charge < -0.3 is 10.0 Å². The highest BCUT2D eigenvalue weighted by Gasteiger charge is 2.31. The zero-order valence-electron chi connectivity index (χ0n) is 8.20. The van der Waals surface area contributed by atoms with Crippen LogP contribution in [0.1, 0.15) is 9.67 Å². The van der Waals surface area contributed by atoms with Gasteiger partial charge in [-0.1, -0.05) is 0 Å². The third-order valence-corrected chi connectivity index (χ3v) is 2.67. The maximum absolute atomic E-state index is 12.2. The van der Waals surface area contributed by atoms with Gasteiger partial charge in [0, 0.05) is 17.6 Å². The van der Waals surface area contributed by atoms with E-state index in [4.69, 9.17) is 5.11 Å². The molecule has 0 bridgehead atoms. The number of carbonyl (C=O) groups excluding carboxylic acids is 1. The lowest BCUT2D eigenvalue weighted by Gasteiger charge is -2.23. The lowest BCUT2D eigenvalue weighted by Crippen LogP contribution is -2.36. The Hall–Kier alpha value is -1.08. The van der Waals surface area contributed by atoms with E-state index in [0.717, 1.165) is 16.2 Å². The first-order valence-corrected chi connectivity index (χ1v) is 5.30. The number of nitrogens with zero attached hydrogens (tertiary/aromatic N) is 1. The molecule has 0 atom stereocenters. The van der Waals surface area contributed by atoms with Crippen LogP contribution >= 0.6 is 11.3 Å². The number of hydrogen-bond acceptors (Lipinski definition) is 4. The lowest BCUT2D eigenvalue weighted by atomic mass is 10.3. The predicted molar refractivity (Wildman–Crippen MR) is 55.1 cm³/mol. The number of thiophene rings is 1. The van der Waals surface area contributed by atoms with Crippen LogP contribution in [0.5, 0.6) is 0 Å². The summed E-state index contributed by atoms with van der Waals surface area (Å²) in [6.45, 7) is -1.63. The van der Waals surface area contributed by atoms with Crippen LogP contribution in [0.2, 0.25) is 0 Å². The molecule has 1 N–H and O–H groups in total. The van der Waals surface area contributed by atoms with Crippen LogP contribution < -0.4 is 4.90 Å². The molecule has 1 rings (SSSR count). The topological polar surface area (TPSA) is 40.5 Å². The molecule has 0 saturated heterocycles. The number of anilines is 1. The van der Waals surface area contributed by atoms with Crippen LogP contribution in [0.15, 0.2) is 11.4 Å². The van der Waals surface area contributed by atoms with Gasteiger partial charge in [0.15, 0.2) is 6.29 Å². The summed E-state index contributed by atoms with van der Waals surface area (Å²) >= 11 is 1.07. The SMILES string of the molecule is O=Cc1cc(N(CCO)CC(F)(F)F)cs1. The molecule has 0 aliphatic rings. The van der Waals surface area contributed by atoms with E-state index in [9.17, 15) is 18.0 Å². The second kappa shape index (κ2) is 5.31. The first-order chi connectivity index (χ1) is 7.46. The summed E-state index contributed by atoms with van der Waals surface area (Å²) in [5.74, 6) is 0. The molecule has 0 radical (unpaired) electrons. The fraction of sp³-hybridized carbons (Fsp3) is 0.444. The van der Waals surface area contributed by atoms with Crippen molar-refractivity contribution >= 4 is 23.3 Å². The molecule has 0 saturated carbocycles. The van der Waals surface area contributed by atoms with Gasteiger partial charge >= 0.3 is 6.18 Å². The van der Waals surface area contributed by atoms with Crippen LogP contribution in [0.4, 0.5) is 18.9 Å². The Kier molecular flexibility index (Phi) is 4.31. The smallest absolute Gasteiger partial charge is 0.395 e. The van der Waals surface area contributed by atoms with Gasteiger partial charge in [0.25, 0.3) is 0 Å². The molecule has 0 amide bonds. The van der Waals surface area contributed by atoms with Crippen LogP contribution in [0, 0.1) is 0 Å². The first kappa shape index (κ1) is 13.0. The van der Waals surface area contributed by atoms with Gasteiger partial charge in [0.2, 0.25) is 0 Å². The number of aliphatic hydroxyl groups is 1. The van der Waals surface area contributed by atoms with Crippen molar-refractivity contribution in [2.75, 3.05) is 24.6 Å². The third-order valence-electron chi connectivity index (χ3n) is 1.83. The molecule has 0 aliphatic carbocycles. The Morgan fingerprint density at radius 2 is 2.19 bits per heavy atom. The largest absolute Gasteiger partial charge is 0.405 e. The van der Waals surface area contributed by atoms with Crippen molar-refractivity contribution in [2.45, 2.75) is 6.18 Å². The molecule has 0 fully saturated rings. The molecule has 0 aromatic carbocycles. The second-order valence-corrected chi connectivity index (χ2v) is 4.03. The Bertz CT molecular complexity index is 351. The number of carbonyl (C=O) groups is 1. The molecule has 0 spiro atoms. The average Bonchev–Trinajstić information content (AvgIpc) is 2.63. The fourth-order valence-electron chi connectivity index (χ4n) is 1.21. The number of aldehydes is 1. The molecule has 1 aromatic heterocycles. The van der Waals surface area contributed by atoms with E-state index in [1.807, 2.05) is 0 Å². The molecule has 1 heterocycles. The summed E-state index contributed by atoms with van der Waals surface area (Å²) in [6.07, 6.45) is -3.75. The van der Waals surface area contributed by atoms with E-state index in [-0.39, 0.29) is 13.2 Å². The molecule has 0 unspecified atom stereocenters. The summed E-state index contributed by atoms with van der Waals surface area (Å²) in [5.41, 5.74) is 0.304. The summed E-state index contributed by atoms with van der Waals surface area (Å²) in [7, 11) is 0. The minimum atomic E-state index is -4.33. The highest BCUT2D eigenvalue weighted by molar-refractivity contribution is 7.12. The van der Waals surface area contributed by atoms with E-state index in [1.54, 1.807) is 0 Å². The van der Waals surface area contributed by atoms with Gasteiger partial charge in [-0.15, -0.1) is 11.3 Å². The van der Waals surface area contributed by atoms with Gasteiger partial charge in [-0.05, 0) is 6.07 Å². The molecule has 16 heavy (non-hydrogen) atoms. The molecule has 3 nitrogen and oxygen atoms in total. The maximum Gasteiger partial charge on any atom is 0.405 e. The van der Waals surface area contributed by atoms with E-state index >= 15 is 0 Å². The normalized spacial score (nSPS) is 11.5. The number of alkyl halides is 3. The van der Waals surface area contributed by atoms with Crippen molar-refractivity contribution in [3.05, 3.63) is 16.3 Å². The Morgan fingerprint density at radius 3 is 2.62 bits per heavy atom. The monoisotopic (exact) mass is 253 g/mol. The van der Waals surface area contributed by atoms with Crippen molar-refractivity contribution in [3.63, 3.8) is 0 Å². The predicted octanol–water partition coefficient (Wildman–Crippen LogP) is 1.92. The molecule has 7 heteroatoms. The highest BCUT2D eigenvalue weighted by atomic mass is 32.1. The van der Waals surface area contributed by atoms with E-state index in [0.29, 0.717) is 16.9 Å². The zero-order valence-corrected chi connectivity index (χ0v) is 9.01. The summed E-state index contributed by atoms with van der Waals surface area (Å²) in [6, 6.07) is 1.37. The van der Waals surface area contributed by atoms with Gasteiger partial charge in [0.1, 0.15) is 6.54 Å². The fourth-order valence-corrected chi connectivity index (χ4v) is 1.92. The molecular weight excluding hydrogens is 243 g/mol. The third kappa shape index (κ3) is 3.82. The standard InChI is InChI=1S/C9H10F3NO2S/c10-9(11,12)6-13(1-2-14)7-3-8(4-15)16-5-7/h3-5,14H,1-2,6H2. The van der Waals surface area contributed by atoms with E-state index in [1.165, 1.54) is 11.4 Å². The van der Waals surface area contributed by atoms with E-state index in [2.05, 4.69) is 0 Å². The van der Waals surface area contributed by atoms with Crippen LogP contribution in [0.3, 0.4) is 0 Å². The van der Waals surface area contributed by atoms with Gasteiger partial charge in [-0.3, -0.25) is 4.79 Å². The van der Waals surface area contributed by atoms with E-state index < -0.39 is 12.7 Å². The zero-order chi connectivity index (χ0) is 12.2. The first-order valence-electron chi connectivity index (χ1n) is 4.42. The van der Waals surface area contributed by atoms with Crippen LogP contribution in [-0.2, 0) is 0 Å². The minimum Gasteiger partial charge on any atom is -0.395 e. The highest BCUT2D eigenvalue weighted by Crippen LogP contribution is 2.25. The van der Waals surface area contributed by atoms with Gasteiger partial charge in [-0.25, -0.2) is 0 Å². The summed E-state index contributed by atoms with van der Waals surface area (Å²) in [4.78, 5) is 11.8. The second-order valence-electron chi connectivity index (χ2n) is 3.09. The van der Waals surface area contributed by atoms with Crippen LogP contribution in [-0.4, -0.2) is 37.3 Å². The lowest BCUT2D eigenvalue weighted by molar-refractivity contribution is -0.119. The molecule has 90 valence electrons. The minimum absolute atomic E-state index is 0.117. The summed E-state index contributed by atoms with van der Waals surface area (Å²) in [5, 5.41) is 10.1. The number of halogens is 3. The Morgan fingerprint density at radius 1 is 1.50 bits per heavy atom. The van der Waals surface area contributed by atoms with Crippen molar-refractivity contribution < 1.29 is 23.1 Å². The summed E-state index contributed by atoms with van der Waals surface area (Å²) < 4.78 is 36.6. The van der Waals surface area contributed by atoms with Gasteiger partial charge in [0.05, 0.1) is 11.5 Å². The number of aliphatic hydroxyl groups excluding tert-OH is 1. The Balaban J connectivity index is 2.80. The molecular formula is C9H10F3NO2S. The van der Waals surface area contributed by atoms with Crippen LogP contribution in [0.25, 0.3) is 0 Å². The number of rotatable bonds is 5. The van der Waals surface area contributed by atoms with Crippen molar-refractivity contribution in [2.24, 2.45) is 0 Å². The van der Waals surface area contributed by atoms with Crippen molar-refractivity contribution in [1.82, 2.24) is 0 Å². The molecule has 0 aliphatic heterocycles. The number of hydrogen-bond donors (Lipinski definition) is 1. The molecule has 1 aromatic rings. The van der Waals surface area contributed by atoms with Gasteiger partial charge in [-0.2, -0.15) is 13.2 Å². The average molecular weight is 253 g/mol. The van der Waals surface area contributed by atoms with Crippen molar-refractivity contribution in [3.8, 4) is 0 Å². The van der Waals surface area contributed by atoms with Crippen molar-refractivity contribution in [1.29, 1.82) is 0 Å². The maximum atomic E-state index is 12.2. The Labute approximate surface area is 94.1 Å².